The molecule has 0 aromatic heterocycles. The van der Waals surface area contributed by atoms with Crippen LogP contribution in [0.2, 0.25) is 0 Å². The van der Waals surface area contributed by atoms with Crippen molar-refractivity contribution < 1.29 is 14.4 Å². The van der Waals surface area contributed by atoms with Gasteiger partial charge in [-0.05, 0) is 35.4 Å². The summed E-state index contributed by atoms with van der Waals surface area (Å²) in [6.07, 6.45) is 0. The SMILES string of the molecule is C=C(CN1C(=O)CN(C)C1=O)c1ccc(C(=O)Nc2ccccc2N)cc1. The van der Waals surface area contributed by atoms with Gasteiger partial charge in [0.2, 0.25) is 0 Å². The first-order valence-corrected chi connectivity index (χ1v) is 8.36. The third-order valence-corrected chi connectivity index (χ3v) is 4.34. The summed E-state index contributed by atoms with van der Waals surface area (Å²) >= 11 is 0. The second-order valence-corrected chi connectivity index (χ2v) is 6.34. The molecule has 7 heteroatoms. The number of nitrogens with two attached hydrogens (primary N) is 1. The van der Waals surface area contributed by atoms with Crippen molar-refractivity contribution in [2.45, 2.75) is 0 Å². The number of carbonyl (C=O) groups is 3. The number of nitrogen functional groups attached to an aromatic ring is 1. The quantitative estimate of drug-likeness (QED) is 0.629. The van der Waals surface area contributed by atoms with E-state index >= 15 is 0 Å². The van der Waals surface area contributed by atoms with E-state index in [1.807, 2.05) is 0 Å². The number of para-hydroxylation sites is 2. The van der Waals surface area contributed by atoms with Gasteiger partial charge in [-0.2, -0.15) is 0 Å². The van der Waals surface area contributed by atoms with Crippen molar-refractivity contribution >= 4 is 34.8 Å². The predicted molar refractivity (Wildman–Crippen MR) is 104 cm³/mol. The van der Waals surface area contributed by atoms with E-state index in [-0.39, 0.29) is 30.9 Å². The molecule has 0 aliphatic carbocycles. The molecule has 0 unspecified atom stereocenters. The fraction of sp³-hybridized carbons (Fsp3) is 0.150. The van der Waals surface area contributed by atoms with Crippen LogP contribution in [-0.4, -0.2) is 47.8 Å². The van der Waals surface area contributed by atoms with Crippen molar-refractivity contribution in [3.8, 4) is 0 Å². The highest BCUT2D eigenvalue weighted by Gasteiger charge is 2.33. The molecule has 1 fully saturated rings. The van der Waals surface area contributed by atoms with Gasteiger partial charge < -0.3 is 16.0 Å². The number of hydrogen-bond acceptors (Lipinski definition) is 4. The van der Waals surface area contributed by atoms with Gasteiger partial charge in [-0.1, -0.05) is 30.8 Å². The topological polar surface area (TPSA) is 95.7 Å². The first-order chi connectivity index (χ1) is 12.9. The summed E-state index contributed by atoms with van der Waals surface area (Å²) in [7, 11) is 1.58. The van der Waals surface area contributed by atoms with Gasteiger partial charge in [-0.3, -0.25) is 14.5 Å². The van der Waals surface area contributed by atoms with Crippen LogP contribution >= 0.6 is 0 Å². The standard InChI is InChI=1S/C20H20N4O3/c1-13(11-24-18(25)12-23(2)20(24)27)14-7-9-15(10-8-14)19(26)22-17-6-4-3-5-16(17)21/h3-10H,1,11-12,21H2,2H3,(H,22,26). The second kappa shape index (κ2) is 7.33. The van der Waals surface area contributed by atoms with E-state index in [1.165, 1.54) is 9.80 Å². The number of anilines is 2. The fourth-order valence-electron chi connectivity index (χ4n) is 2.77. The van der Waals surface area contributed by atoms with Gasteiger partial charge >= 0.3 is 6.03 Å². The number of nitrogens with one attached hydrogen (secondary N) is 1. The van der Waals surface area contributed by atoms with Crippen LogP contribution in [-0.2, 0) is 4.79 Å². The molecule has 1 heterocycles. The Labute approximate surface area is 157 Å². The summed E-state index contributed by atoms with van der Waals surface area (Å²) < 4.78 is 0. The van der Waals surface area contributed by atoms with E-state index in [1.54, 1.807) is 55.6 Å². The number of nitrogens with zero attached hydrogens (tertiary/aromatic N) is 2. The zero-order chi connectivity index (χ0) is 19.6. The zero-order valence-corrected chi connectivity index (χ0v) is 14.9. The van der Waals surface area contributed by atoms with E-state index in [4.69, 9.17) is 5.73 Å². The van der Waals surface area contributed by atoms with Gasteiger partial charge in [-0.15, -0.1) is 0 Å². The molecule has 2 aromatic carbocycles. The van der Waals surface area contributed by atoms with E-state index in [2.05, 4.69) is 11.9 Å². The van der Waals surface area contributed by atoms with Crippen LogP contribution in [0.25, 0.3) is 5.57 Å². The lowest BCUT2D eigenvalue weighted by Gasteiger charge is -2.16. The van der Waals surface area contributed by atoms with Crippen LogP contribution in [0.5, 0.6) is 0 Å². The Bertz CT molecular complexity index is 921. The van der Waals surface area contributed by atoms with Crippen molar-refractivity contribution in [2.75, 3.05) is 31.2 Å². The van der Waals surface area contributed by atoms with Gasteiger partial charge in [0.25, 0.3) is 11.8 Å². The minimum atomic E-state index is -0.336. The van der Waals surface area contributed by atoms with Gasteiger partial charge in [0.05, 0.1) is 17.9 Å². The van der Waals surface area contributed by atoms with Crippen LogP contribution < -0.4 is 11.1 Å². The highest BCUT2D eigenvalue weighted by Crippen LogP contribution is 2.20. The number of likely N-dealkylation sites (N-methyl/N-ethyl adjacent to an activating group) is 1. The molecular weight excluding hydrogens is 344 g/mol. The predicted octanol–water partition coefficient (Wildman–Crippen LogP) is 2.43. The molecule has 3 rings (SSSR count). The van der Waals surface area contributed by atoms with E-state index in [0.29, 0.717) is 22.5 Å². The van der Waals surface area contributed by atoms with Crippen molar-refractivity contribution in [2.24, 2.45) is 0 Å². The zero-order valence-electron chi connectivity index (χ0n) is 14.9. The largest absolute Gasteiger partial charge is 0.397 e. The average molecular weight is 364 g/mol. The highest BCUT2D eigenvalue weighted by molar-refractivity contribution is 6.06. The van der Waals surface area contributed by atoms with Crippen LogP contribution in [0.1, 0.15) is 15.9 Å². The number of urea groups is 1. The maximum Gasteiger partial charge on any atom is 0.327 e. The van der Waals surface area contributed by atoms with E-state index in [9.17, 15) is 14.4 Å². The van der Waals surface area contributed by atoms with Crippen LogP contribution in [0.15, 0.2) is 55.1 Å². The molecule has 0 bridgehead atoms. The first-order valence-electron chi connectivity index (χ1n) is 8.36. The summed E-state index contributed by atoms with van der Waals surface area (Å²) in [6.45, 7) is 4.15. The average Bonchev–Trinajstić information content (AvgIpc) is 2.89. The maximum absolute atomic E-state index is 12.4. The third-order valence-electron chi connectivity index (χ3n) is 4.34. The second-order valence-electron chi connectivity index (χ2n) is 6.34. The molecule has 3 N–H and O–H groups in total. The van der Waals surface area contributed by atoms with Gasteiger partial charge in [0.1, 0.15) is 6.54 Å². The summed E-state index contributed by atoms with van der Waals surface area (Å²) in [5.41, 5.74) is 8.69. The van der Waals surface area contributed by atoms with Crippen LogP contribution in [0, 0.1) is 0 Å². The molecule has 0 atom stereocenters. The Morgan fingerprint density at radius 3 is 2.33 bits per heavy atom. The third kappa shape index (κ3) is 3.82. The lowest BCUT2D eigenvalue weighted by Crippen LogP contribution is -2.32. The number of carbonyl (C=O) groups excluding carboxylic acids is 3. The molecule has 0 radical (unpaired) electrons. The maximum atomic E-state index is 12.4. The summed E-state index contributed by atoms with van der Waals surface area (Å²) in [5, 5.41) is 2.76. The number of imide groups is 1. The minimum absolute atomic E-state index is 0.0772. The first kappa shape index (κ1) is 18.2. The molecule has 7 nitrogen and oxygen atoms in total. The van der Waals surface area contributed by atoms with Crippen molar-refractivity contribution in [1.82, 2.24) is 9.80 Å². The van der Waals surface area contributed by atoms with Gasteiger partial charge in [-0.25, -0.2) is 4.79 Å². The Balaban J connectivity index is 1.67. The summed E-state index contributed by atoms with van der Waals surface area (Å²) in [5.74, 6) is -0.531. The molecule has 1 saturated heterocycles. The Morgan fingerprint density at radius 1 is 1.11 bits per heavy atom. The fourth-order valence-corrected chi connectivity index (χ4v) is 2.77. The number of amides is 4. The molecule has 4 amide bonds. The normalized spacial score (nSPS) is 13.8. The Hall–Kier alpha value is -3.61. The molecule has 1 aliphatic heterocycles. The van der Waals surface area contributed by atoms with Crippen molar-refractivity contribution in [1.29, 1.82) is 0 Å². The van der Waals surface area contributed by atoms with Gasteiger partial charge in [0, 0.05) is 12.6 Å². The van der Waals surface area contributed by atoms with Crippen LogP contribution in [0.3, 0.4) is 0 Å². The van der Waals surface area contributed by atoms with E-state index in [0.717, 1.165) is 5.56 Å². The molecular formula is C20H20N4O3. The Kier molecular flexibility index (Phi) is 4.94. The number of benzene rings is 2. The number of hydrogen-bond donors (Lipinski definition) is 2. The molecule has 0 spiro atoms. The van der Waals surface area contributed by atoms with Crippen molar-refractivity contribution in [3.05, 3.63) is 66.2 Å². The smallest absolute Gasteiger partial charge is 0.327 e. The van der Waals surface area contributed by atoms with E-state index < -0.39 is 0 Å². The summed E-state index contributed by atoms with van der Waals surface area (Å²) in [6, 6.07) is 13.5. The molecule has 1 aliphatic rings. The monoisotopic (exact) mass is 364 g/mol. The minimum Gasteiger partial charge on any atom is -0.397 e. The molecule has 138 valence electrons. The number of rotatable bonds is 5. The molecule has 27 heavy (non-hydrogen) atoms. The lowest BCUT2D eigenvalue weighted by atomic mass is 10.0. The Morgan fingerprint density at radius 2 is 1.74 bits per heavy atom. The molecule has 2 aromatic rings. The van der Waals surface area contributed by atoms with Crippen molar-refractivity contribution in [3.63, 3.8) is 0 Å². The highest BCUT2D eigenvalue weighted by atomic mass is 16.2. The van der Waals surface area contributed by atoms with Gasteiger partial charge in [0.15, 0.2) is 0 Å². The molecule has 0 saturated carbocycles. The lowest BCUT2D eigenvalue weighted by molar-refractivity contribution is -0.124. The van der Waals surface area contributed by atoms with Crippen LogP contribution in [0.4, 0.5) is 16.2 Å². The summed E-state index contributed by atoms with van der Waals surface area (Å²) in [4.78, 5) is 38.7.